The number of anilines is 1. The number of nitrogens with one attached hydrogen (secondary N) is 1. The Morgan fingerprint density at radius 1 is 1.35 bits per heavy atom. The first-order valence-corrected chi connectivity index (χ1v) is 5.65. The van der Waals surface area contributed by atoms with Gasteiger partial charge in [-0.05, 0) is 0 Å². The summed E-state index contributed by atoms with van der Waals surface area (Å²) >= 11 is 0. The number of H-pyrrole nitrogens is 1. The van der Waals surface area contributed by atoms with Crippen molar-refractivity contribution in [3.8, 4) is 0 Å². The number of ether oxygens (including phenoxy) is 1. The van der Waals surface area contributed by atoms with Crippen LogP contribution in [0, 0.1) is 0 Å². The van der Waals surface area contributed by atoms with Gasteiger partial charge in [-0.2, -0.15) is 0 Å². The largest absolute Gasteiger partial charge is 0.378 e. The van der Waals surface area contributed by atoms with E-state index in [0.717, 1.165) is 37.6 Å². The van der Waals surface area contributed by atoms with Gasteiger partial charge in [-0.25, -0.2) is 4.98 Å². The molecule has 2 aromatic rings. The van der Waals surface area contributed by atoms with Crippen LogP contribution in [0.5, 0.6) is 0 Å². The van der Waals surface area contributed by atoms with Crippen molar-refractivity contribution in [2.24, 2.45) is 0 Å². The Morgan fingerprint density at radius 3 is 3.00 bits per heavy atom. The second kappa shape index (κ2) is 4.18. The molecule has 5 nitrogen and oxygen atoms in total. The maximum Gasteiger partial charge on any atom is 0.190 e. The summed E-state index contributed by atoms with van der Waals surface area (Å²) in [4.78, 5) is 21.1. The standard InChI is InChI=1S/C12H13N3O2/c16-11-1-2-13-10-7-12(14-8-9(10)11)15-3-5-17-6-4-15/h1-2,7-8H,3-6H2,(H,13,16). The summed E-state index contributed by atoms with van der Waals surface area (Å²) in [7, 11) is 0. The van der Waals surface area contributed by atoms with Crippen LogP contribution in [0.3, 0.4) is 0 Å². The number of morpholine rings is 1. The highest BCUT2D eigenvalue weighted by Crippen LogP contribution is 2.16. The monoisotopic (exact) mass is 231 g/mol. The van der Waals surface area contributed by atoms with Gasteiger partial charge in [0.05, 0.1) is 24.1 Å². The van der Waals surface area contributed by atoms with Crippen LogP contribution in [0.25, 0.3) is 10.9 Å². The molecule has 3 heterocycles. The molecule has 3 rings (SSSR count). The molecule has 5 heteroatoms. The van der Waals surface area contributed by atoms with E-state index in [-0.39, 0.29) is 5.43 Å². The lowest BCUT2D eigenvalue weighted by Crippen LogP contribution is -2.36. The number of nitrogens with zero attached hydrogens (tertiary/aromatic N) is 2. The molecule has 88 valence electrons. The predicted octanol–water partition coefficient (Wildman–Crippen LogP) is 0.760. The molecule has 17 heavy (non-hydrogen) atoms. The zero-order chi connectivity index (χ0) is 11.7. The lowest BCUT2D eigenvalue weighted by atomic mass is 10.2. The molecule has 0 atom stereocenters. The smallest absolute Gasteiger partial charge is 0.190 e. The van der Waals surface area contributed by atoms with E-state index in [2.05, 4.69) is 14.9 Å². The van der Waals surface area contributed by atoms with E-state index in [0.29, 0.717) is 5.39 Å². The van der Waals surface area contributed by atoms with E-state index in [1.807, 2.05) is 6.07 Å². The lowest BCUT2D eigenvalue weighted by Gasteiger charge is -2.27. The molecule has 1 aliphatic rings. The molecule has 1 saturated heterocycles. The van der Waals surface area contributed by atoms with Crippen LogP contribution < -0.4 is 10.3 Å². The van der Waals surface area contributed by atoms with Crippen LogP contribution in [-0.2, 0) is 4.74 Å². The summed E-state index contributed by atoms with van der Waals surface area (Å²) in [6.07, 6.45) is 3.30. The quantitative estimate of drug-likeness (QED) is 0.787. The van der Waals surface area contributed by atoms with E-state index in [4.69, 9.17) is 4.74 Å². The average molecular weight is 231 g/mol. The third kappa shape index (κ3) is 1.89. The second-order valence-corrected chi connectivity index (χ2v) is 4.03. The molecule has 0 radical (unpaired) electrons. The fourth-order valence-corrected chi connectivity index (χ4v) is 2.02. The number of pyridine rings is 2. The van der Waals surface area contributed by atoms with Gasteiger partial charge in [0.25, 0.3) is 0 Å². The highest BCUT2D eigenvalue weighted by Gasteiger charge is 2.12. The number of aromatic amines is 1. The molecule has 0 bridgehead atoms. The van der Waals surface area contributed by atoms with Crippen LogP contribution in [0.15, 0.2) is 29.3 Å². The summed E-state index contributed by atoms with van der Waals surface area (Å²) in [5.41, 5.74) is 0.828. The summed E-state index contributed by atoms with van der Waals surface area (Å²) in [6, 6.07) is 3.43. The fraction of sp³-hybridized carbons (Fsp3) is 0.333. The number of fused-ring (bicyclic) bond motifs is 1. The number of hydrogen-bond donors (Lipinski definition) is 1. The molecule has 1 N–H and O–H groups in total. The predicted molar refractivity (Wildman–Crippen MR) is 65.4 cm³/mol. The van der Waals surface area contributed by atoms with Crippen LogP contribution in [0.2, 0.25) is 0 Å². The molecule has 0 saturated carbocycles. The minimum Gasteiger partial charge on any atom is -0.378 e. The van der Waals surface area contributed by atoms with E-state index in [9.17, 15) is 4.79 Å². The Morgan fingerprint density at radius 2 is 2.18 bits per heavy atom. The Bertz CT molecular complexity index is 588. The molecule has 0 unspecified atom stereocenters. The lowest BCUT2D eigenvalue weighted by molar-refractivity contribution is 0.122. The molecule has 0 aromatic carbocycles. The van der Waals surface area contributed by atoms with Crippen molar-refractivity contribution >= 4 is 16.7 Å². The Labute approximate surface area is 98.0 Å². The Hall–Kier alpha value is -1.88. The first kappa shape index (κ1) is 10.3. The minimum atomic E-state index is -0.000206. The molecule has 0 spiro atoms. The number of rotatable bonds is 1. The molecule has 0 aliphatic carbocycles. The summed E-state index contributed by atoms with van der Waals surface area (Å²) < 4.78 is 5.30. The Kier molecular flexibility index (Phi) is 2.53. The van der Waals surface area contributed by atoms with Crippen LogP contribution >= 0.6 is 0 Å². The van der Waals surface area contributed by atoms with Crippen LogP contribution in [0.1, 0.15) is 0 Å². The van der Waals surface area contributed by atoms with Crippen molar-refractivity contribution in [2.75, 3.05) is 31.2 Å². The third-order valence-corrected chi connectivity index (χ3v) is 2.96. The van der Waals surface area contributed by atoms with Crippen molar-refractivity contribution in [1.82, 2.24) is 9.97 Å². The zero-order valence-electron chi connectivity index (χ0n) is 9.35. The molecular formula is C12H13N3O2. The molecule has 0 amide bonds. The van der Waals surface area contributed by atoms with Crippen LogP contribution in [-0.4, -0.2) is 36.3 Å². The van der Waals surface area contributed by atoms with Gasteiger partial charge in [-0.15, -0.1) is 0 Å². The second-order valence-electron chi connectivity index (χ2n) is 4.03. The zero-order valence-corrected chi connectivity index (χ0v) is 9.35. The van der Waals surface area contributed by atoms with Crippen molar-refractivity contribution in [1.29, 1.82) is 0 Å². The maximum atomic E-state index is 11.6. The SMILES string of the molecule is O=c1cc[nH]c2cc(N3CCOCC3)ncc12. The highest BCUT2D eigenvalue weighted by molar-refractivity contribution is 5.79. The van der Waals surface area contributed by atoms with Crippen LogP contribution in [0.4, 0.5) is 5.82 Å². The van der Waals surface area contributed by atoms with Gasteiger partial charge in [-0.1, -0.05) is 0 Å². The Balaban J connectivity index is 2.04. The summed E-state index contributed by atoms with van der Waals surface area (Å²) in [5.74, 6) is 0.891. The van der Waals surface area contributed by atoms with Gasteiger partial charge in [0.1, 0.15) is 5.82 Å². The average Bonchev–Trinajstić information content (AvgIpc) is 2.40. The van der Waals surface area contributed by atoms with E-state index >= 15 is 0 Å². The van der Waals surface area contributed by atoms with E-state index < -0.39 is 0 Å². The number of hydrogen-bond acceptors (Lipinski definition) is 4. The molecule has 1 fully saturated rings. The van der Waals surface area contributed by atoms with Gasteiger partial charge in [0.15, 0.2) is 5.43 Å². The van der Waals surface area contributed by atoms with Crippen molar-refractivity contribution in [2.45, 2.75) is 0 Å². The van der Waals surface area contributed by atoms with Crippen molar-refractivity contribution < 1.29 is 4.74 Å². The van der Waals surface area contributed by atoms with Crippen molar-refractivity contribution in [3.63, 3.8) is 0 Å². The highest BCUT2D eigenvalue weighted by atomic mass is 16.5. The molecule has 2 aromatic heterocycles. The maximum absolute atomic E-state index is 11.6. The van der Waals surface area contributed by atoms with Gasteiger partial charge in [-0.3, -0.25) is 4.79 Å². The van der Waals surface area contributed by atoms with E-state index in [1.165, 1.54) is 6.07 Å². The van der Waals surface area contributed by atoms with E-state index in [1.54, 1.807) is 12.4 Å². The topological polar surface area (TPSA) is 58.2 Å². The van der Waals surface area contributed by atoms with Gasteiger partial charge < -0.3 is 14.6 Å². The first-order valence-electron chi connectivity index (χ1n) is 5.65. The normalized spacial score (nSPS) is 16.4. The van der Waals surface area contributed by atoms with Crippen molar-refractivity contribution in [3.05, 3.63) is 34.7 Å². The van der Waals surface area contributed by atoms with Gasteiger partial charge in [0, 0.05) is 37.6 Å². The third-order valence-electron chi connectivity index (χ3n) is 2.96. The minimum absolute atomic E-state index is 0.000206. The summed E-state index contributed by atoms with van der Waals surface area (Å²) in [6.45, 7) is 3.14. The molecular weight excluding hydrogens is 218 g/mol. The van der Waals surface area contributed by atoms with Gasteiger partial charge >= 0.3 is 0 Å². The molecule has 1 aliphatic heterocycles. The fourth-order valence-electron chi connectivity index (χ4n) is 2.02. The first-order chi connectivity index (χ1) is 8.34. The van der Waals surface area contributed by atoms with Gasteiger partial charge in [0.2, 0.25) is 0 Å². The number of aromatic nitrogens is 2. The summed E-state index contributed by atoms with van der Waals surface area (Å²) in [5, 5.41) is 0.629.